The molecule has 0 spiro atoms. The van der Waals surface area contributed by atoms with Crippen molar-refractivity contribution in [3.63, 3.8) is 0 Å². The summed E-state index contributed by atoms with van der Waals surface area (Å²) in [6, 6.07) is 15.1. The molecule has 2 heterocycles. The van der Waals surface area contributed by atoms with Crippen molar-refractivity contribution in [1.82, 2.24) is 15.1 Å². The minimum Gasteiger partial charge on any atom is -0.376 e. The van der Waals surface area contributed by atoms with Gasteiger partial charge in [-0.1, -0.05) is 42.5 Å². The second kappa shape index (κ2) is 9.03. The first-order valence-corrected chi connectivity index (χ1v) is 10.5. The molecule has 28 heavy (non-hydrogen) atoms. The highest BCUT2D eigenvalue weighted by Crippen LogP contribution is 2.21. The third-order valence-corrected chi connectivity index (χ3v) is 6.14. The summed E-state index contributed by atoms with van der Waals surface area (Å²) in [4.78, 5) is 17.3. The van der Waals surface area contributed by atoms with Crippen LogP contribution in [0.3, 0.4) is 0 Å². The van der Waals surface area contributed by atoms with Crippen LogP contribution in [0.15, 0.2) is 42.5 Å². The first kappa shape index (κ1) is 19.4. The van der Waals surface area contributed by atoms with Crippen LogP contribution in [0.2, 0.25) is 0 Å². The Morgan fingerprint density at radius 2 is 1.93 bits per heavy atom. The first-order chi connectivity index (χ1) is 13.7. The van der Waals surface area contributed by atoms with Gasteiger partial charge in [-0.25, -0.2) is 0 Å². The molecular weight excluding hydrogens is 350 g/mol. The Morgan fingerprint density at radius 1 is 1.14 bits per heavy atom. The highest BCUT2D eigenvalue weighted by Gasteiger charge is 2.26. The maximum Gasteiger partial charge on any atom is 0.237 e. The number of fused-ring (bicyclic) bond motifs is 1. The summed E-state index contributed by atoms with van der Waals surface area (Å²) in [5.41, 5.74) is 1.38. The van der Waals surface area contributed by atoms with E-state index in [1.165, 1.54) is 16.3 Å². The van der Waals surface area contributed by atoms with E-state index in [-0.39, 0.29) is 18.1 Å². The molecule has 4 rings (SSSR count). The number of piperazine rings is 1. The molecule has 2 aliphatic rings. The zero-order valence-corrected chi connectivity index (χ0v) is 16.8. The lowest BCUT2D eigenvalue weighted by Gasteiger charge is -2.37. The largest absolute Gasteiger partial charge is 0.376 e. The molecule has 0 radical (unpaired) electrons. The summed E-state index contributed by atoms with van der Waals surface area (Å²) in [5, 5.41) is 5.72. The van der Waals surface area contributed by atoms with Crippen molar-refractivity contribution in [2.45, 2.75) is 38.5 Å². The van der Waals surface area contributed by atoms with Crippen LogP contribution in [0.4, 0.5) is 0 Å². The Kier molecular flexibility index (Phi) is 6.25. The van der Waals surface area contributed by atoms with Gasteiger partial charge in [-0.2, -0.15) is 0 Å². The molecule has 2 aliphatic heterocycles. The molecule has 0 saturated carbocycles. The Labute approximate surface area is 167 Å². The van der Waals surface area contributed by atoms with Crippen LogP contribution in [-0.4, -0.2) is 67.2 Å². The number of ether oxygens (including phenoxy) is 1. The van der Waals surface area contributed by atoms with E-state index in [0.717, 1.165) is 52.2 Å². The number of hydrogen-bond acceptors (Lipinski definition) is 4. The van der Waals surface area contributed by atoms with Crippen LogP contribution in [0, 0.1) is 0 Å². The summed E-state index contributed by atoms with van der Waals surface area (Å²) in [5.74, 6) is 0.123. The van der Waals surface area contributed by atoms with E-state index in [1.54, 1.807) is 0 Å². The van der Waals surface area contributed by atoms with Gasteiger partial charge < -0.3 is 10.1 Å². The van der Waals surface area contributed by atoms with E-state index in [0.29, 0.717) is 6.54 Å². The number of amides is 1. The van der Waals surface area contributed by atoms with Crippen LogP contribution < -0.4 is 5.32 Å². The van der Waals surface area contributed by atoms with Gasteiger partial charge >= 0.3 is 0 Å². The van der Waals surface area contributed by atoms with Gasteiger partial charge in [-0.3, -0.25) is 14.6 Å². The first-order valence-electron chi connectivity index (χ1n) is 10.5. The summed E-state index contributed by atoms with van der Waals surface area (Å²) >= 11 is 0. The molecule has 2 aromatic rings. The number of carbonyl (C=O) groups excluding carboxylic acids is 1. The van der Waals surface area contributed by atoms with E-state index in [9.17, 15) is 4.79 Å². The lowest BCUT2D eigenvalue weighted by Crippen LogP contribution is -2.54. The highest BCUT2D eigenvalue weighted by atomic mass is 16.5. The Bertz CT molecular complexity index is 790. The van der Waals surface area contributed by atoms with E-state index in [4.69, 9.17) is 4.74 Å². The van der Waals surface area contributed by atoms with Gasteiger partial charge in [0.15, 0.2) is 0 Å². The van der Waals surface area contributed by atoms with Crippen molar-refractivity contribution < 1.29 is 9.53 Å². The minimum absolute atomic E-state index is 0.0823. The summed E-state index contributed by atoms with van der Waals surface area (Å²) < 4.78 is 5.59. The summed E-state index contributed by atoms with van der Waals surface area (Å²) in [6.45, 7) is 8.30. The van der Waals surface area contributed by atoms with Crippen molar-refractivity contribution >= 4 is 16.7 Å². The molecule has 5 heteroatoms. The molecule has 1 N–H and O–H groups in total. The van der Waals surface area contributed by atoms with Crippen LogP contribution in [0.5, 0.6) is 0 Å². The van der Waals surface area contributed by atoms with Crippen LogP contribution in [-0.2, 0) is 16.1 Å². The molecule has 0 aromatic heterocycles. The average molecular weight is 382 g/mol. The fourth-order valence-electron chi connectivity index (χ4n) is 4.31. The van der Waals surface area contributed by atoms with E-state index >= 15 is 0 Å². The van der Waals surface area contributed by atoms with Gasteiger partial charge in [-0.15, -0.1) is 0 Å². The van der Waals surface area contributed by atoms with Gasteiger partial charge in [-0.05, 0) is 36.1 Å². The van der Waals surface area contributed by atoms with Crippen LogP contribution >= 0.6 is 0 Å². The zero-order valence-electron chi connectivity index (χ0n) is 16.8. The van der Waals surface area contributed by atoms with E-state index in [2.05, 4.69) is 57.6 Å². The van der Waals surface area contributed by atoms with Crippen molar-refractivity contribution in [2.24, 2.45) is 0 Å². The number of carbonyl (C=O) groups is 1. The number of hydrogen-bond donors (Lipinski definition) is 1. The standard InChI is InChI=1S/C23H31N3O2/c1-18(23(27)24-16-21-9-5-15-28-21)26-13-11-25(12-14-26)17-20-8-4-7-19-6-2-3-10-22(19)20/h2-4,6-8,10,18,21H,5,9,11-17H2,1H3,(H,24,27). The molecule has 150 valence electrons. The molecule has 2 aromatic carbocycles. The van der Waals surface area contributed by atoms with Gasteiger partial charge in [0.1, 0.15) is 0 Å². The molecule has 2 fully saturated rings. The third kappa shape index (κ3) is 4.54. The highest BCUT2D eigenvalue weighted by molar-refractivity contribution is 5.85. The van der Waals surface area contributed by atoms with Crippen LogP contribution in [0.25, 0.3) is 10.8 Å². The van der Waals surface area contributed by atoms with Crippen molar-refractivity contribution in [2.75, 3.05) is 39.3 Å². The Morgan fingerprint density at radius 3 is 2.71 bits per heavy atom. The monoisotopic (exact) mass is 381 g/mol. The molecule has 2 atom stereocenters. The smallest absolute Gasteiger partial charge is 0.237 e. The maximum atomic E-state index is 12.5. The lowest BCUT2D eigenvalue weighted by molar-refractivity contribution is -0.127. The van der Waals surface area contributed by atoms with Gasteiger partial charge in [0.2, 0.25) is 5.91 Å². The van der Waals surface area contributed by atoms with E-state index < -0.39 is 0 Å². The number of rotatable bonds is 6. The fraction of sp³-hybridized carbons (Fsp3) is 0.522. The number of benzene rings is 2. The number of nitrogens with zero attached hydrogens (tertiary/aromatic N) is 2. The molecular formula is C23H31N3O2. The molecule has 0 aliphatic carbocycles. The van der Waals surface area contributed by atoms with Gasteiger partial charge in [0, 0.05) is 45.9 Å². The molecule has 1 amide bonds. The zero-order chi connectivity index (χ0) is 19.3. The second-order valence-corrected chi connectivity index (χ2v) is 8.01. The Hall–Kier alpha value is -1.95. The van der Waals surface area contributed by atoms with Crippen LogP contribution in [0.1, 0.15) is 25.3 Å². The van der Waals surface area contributed by atoms with Crippen molar-refractivity contribution in [3.05, 3.63) is 48.0 Å². The quantitative estimate of drug-likeness (QED) is 0.836. The molecule has 2 saturated heterocycles. The van der Waals surface area contributed by atoms with Gasteiger partial charge in [0.25, 0.3) is 0 Å². The van der Waals surface area contributed by atoms with E-state index in [1.807, 2.05) is 6.92 Å². The predicted octanol–water partition coefficient (Wildman–Crippen LogP) is 2.64. The Balaban J connectivity index is 1.27. The lowest BCUT2D eigenvalue weighted by atomic mass is 10.0. The number of nitrogens with one attached hydrogen (secondary N) is 1. The maximum absolute atomic E-state index is 12.5. The summed E-state index contributed by atoms with van der Waals surface area (Å²) in [7, 11) is 0. The summed E-state index contributed by atoms with van der Waals surface area (Å²) in [6.07, 6.45) is 2.37. The van der Waals surface area contributed by atoms with Crippen molar-refractivity contribution in [3.8, 4) is 0 Å². The second-order valence-electron chi connectivity index (χ2n) is 8.01. The molecule has 0 bridgehead atoms. The SMILES string of the molecule is CC(C(=O)NCC1CCCO1)N1CCN(Cc2cccc3ccccc23)CC1. The van der Waals surface area contributed by atoms with Crippen molar-refractivity contribution in [1.29, 1.82) is 0 Å². The fourth-order valence-corrected chi connectivity index (χ4v) is 4.31. The topological polar surface area (TPSA) is 44.8 Å². The molecule has 2 unspecified atom stereocenters. The average Bonchev–Trinajstić information content (AvgIpc) is 3.26. The predicted molar refractivity (Wildman–Crippen MR) is 112 cm³/mol. The normalized spacial score (nSPS) is 22.4. The third-order valence-electron chi connectivity index (χ3n) is 6.14. The molecule has 5 nitrogen and oxygen atoms in total. The minimum atomic E-state index is -0.0823. The van der Waals surface area contributed by atoms with Gasteiger partial charge in [0.05, 0.1) is 12.1 Å².